The lowest BCUT2D eigenvalue weighted by atomic mass is 10.1. The molecule has 4 aromatic heterocycles. The molecule has 4 aromatic rings. The molecule has 0 saturated heterocycles. The van der Waals surface area contributed by atoms with Gasteiger partial charge in [0, 0.05) is 18.6 Å². The normalized spacial score (nSPS) is 12.3. The highest BCUT2D eigenvalue weighted by Crippen LogP contribution is 2.31. The summed E-state index contributed by atoms with van der Waals surface area (Å²) in [5, 5.41) is 8.07. The molecule has 0 bridgehead atoms. The van der Waals surface area contributed by atoms with Crippen LogP contribution in [-0.2, 0) is 10.0 Å². The number of allylic oxidation sites excluding steroid dienone is 1. The lowest BCUT2D eigenvalue weighted by molar-refractivity contribution is 0.411. The summed E-state index contributed by atoms with van der Waals surface area (Å²) >= 11 is 0. The number of aromatic amines is 1. The molecule has 0 aliphatic rings. The number of rotatable bonds is 8. The van der Waals surface area contributed by atoms with E-state index in [0.29, 0.717) is 11.6 Å². The molecule has 4 heterocycles. The number of hydrogen-bond donors (Lipinski definition) is 2. The summed E-state index contributed by atoms with van der Waals surface area (Å²) < 4.78 is 41.1. The molecule has 0 amide bonds. The second-order valence-corrected chi connectivity index (χ2v) is 9.46. The Labute approximate surface area is 200 Å². The van der Waals surface area contributed by atoms with Crippen LogP contribution >= 0.6 is 0 Å². The van der Waals surface area contributed by atoms with Crippen molar-refractivity contribution in [2.45, 2.75) is 26.7 Å². The average molecular weight is 498 g/mol. The van der Waals surface area contributed by atoms with Gasteiger partial charge >= 0.3 is 0 Å². The second kappa shape index (κ2) is 9.18. The molecular formula is C22H23N7O5S. The van der Waals surface area contributed by atoms with Crippen LogP contribution in [0.2, 0.25) is 0 Å². The van der Waals surface area contributed by atoms with Gasteiger partial charge in [0.1, 0.15) is 17.3 Å². The van der Waals surface area contributed by atoms with Crippen LogP contribution < -0.4 is 15.0 Å². The monoisotopic (exact) mass is 497 g/mol. The van der Waals surface area contributed by atoms with E-state index in [1.807, 2.05) is 6.92 Å². The van der Waals surface area contributed by atoms with Crippen LogP contribution in [0, 0.1) is 13.8 Å². The molecule has 0 unspecified atom stereocenters. The maximum absolute atomic E-state index is 13.3. The zero-order valence-corrected chi connectivity index (χ0v) is 20.3. The van der Waals surface area contributed by atoms with Gasteiger partial charge in [-0.15, -0.1) is 10.2 Å². The first-order valence-electron chi connectivity index (χ1n) is 10.4. The molecule has 2 N–H and O–H groups in total. The standard InChI is InChI=1S/C22H23N7O5S/c1-12-10-24-19(25-11-12)14(3)15(4)35(31,32)28-22-27-26-20(17-7-6-13(2)34-17)29(22)18-16(33-5)8-9-23-21(18)30/h6-11,14H,4H2,1-3,5H3,(H,23,30)(H,27,28)/t14-/m0/s1. The Morgan fingerprint density at radius 3 is 2.54 bits per heavy atom. The second-order valence-electron chi connectivity index (χ2n) is 7.73. The van der Waals surface area contributed by atoms with E-state index in [1.54, 1.807) is 38.4 Å². The average Bonchev–Trinajstić information content (AvgIpc) is 3.43. The van der Waals surface area contributed by atoms with E-state index >= 15 is 0 Å². The summed E-state index contributed by atoms with van der Waals surface area (Å²) in [6.45, 7) is 8.93. The fraction of sp³-hybridized carbons (Fsp3) is 0.227. The predicted molar refractivity (Wildman–Crippen MR) is 128 cm³/mol. The maximum atomic E-state index is 13.3. The van der Waals surface area contributed by atoms with Crippen molar-refractivity contribution in [2.24, 2.45) is 0 Å². The Bertz CT molecular complexity index is 1550. The number of furan rings is 1. The van der Waals surface area contributed by atoms with Gasteiger partial charge in [-0.2, -0.15) is 0 Å². The molecule has 0 aliphatic carbocycles. The van der Waals surface area contributed by atoms with Gasteiger partial charge in [-0.05, 0) is 37.6 Å². The van der Waals surface area contributed by atoms with Crippen molar-refractivity contribution in [3.8, 4) is 23.0 Å². The van der Waals surface area contributed by atoms with Crippen molar-refractivity contribution < 1.29 is 17.6 Å². The maximum Gasteiger partial charge on any atom is 0.276 e. The van der Waals surface area contributed by atoms with E-state index in [1.165, 1.54) is 23.9 Å². The Morgan fingerprint density at radius 1 is 1.20 bits per heavy atom. The van der Waals surface area contributed by atoms with Gasteiger partial charge in [-0.1, -0.05) is 13.5 Å². The van der Waals surface area contributed by atoms with Gasteiger partial charge < -0.3 is 14.1 Å². The molecule has 4 rings (SSSR count). The molecule has 0 aliphatic heterocycles. The van der Waals surface area contributed by atoms with E-state index in [2.05, 4.69) is 36.5 Å². The van der Waals surface area contributed by atoms with Crippen LogP contribution in [0.4, 0.5) is 5.95 Å². The summed E-state index contributed by atoms with van der Waals surface area (Å²) in [5.41, 5.74) is 0.236. The Kier molecular flexibility index (Phi) is 6.26. The highest BCUT2D eigenvalue weighted by atomic mass is 32.2. The molecule has 0 aromatic carbocycles. The van der Waals surface area contributed by atoms with Crippen molar-refractivity contribution in [2.75, 3.05) is 11.8 Å². The number of pyridine rings is 1. The molecule has 0 saturated carbocycles. The third-order valence-corrected chi connectivity index (χ3v) is 6.70. The highest BCUT2D eigenvalue weighted by molar-refractivity contribution is 7.96. The van der Waals surface area contributed by atoms with Gasteiger partial charge in [0.2, 0.25) is 11.8 Å². The third kappa shape index (κ3) is 4.57. The predicted octanol–water partition coefficient (Wildman–Crippen LogP) is 2.69. The number of H-pyrrole nitrogens is 1. The molecule has 0 spiro atoms. The van der Waals surface area contributed by atoms with Crippen LogP contribution in [0.15, 0.2) is 57.5 Å². The molecule has 12 nitrogen and oxygen atoms in total. The number of aromatic nitrogens is 6. The Hall–Kier alpha value is -4.26. The van der Waals surface area contributed by atoms with Gasteiger partial charge in [0.05, 0.1) is 17.9 Å². The first-order chi connectivity index (χ1) is 16.6. The van der Waals surface area contributed by atoms with E-state index in [0.717, 1.165) is 5.56 Å². The van der Waals surface area contributed by atoms with Gasteiger partial charge in [0.15, 0.2) is 11.4 Å². The van der Waals surface area contributed by atoms with Gasteiger partial charge in [-0.25, -0.2) is 27.7 Å². The van der Waals surface area contributed by atoms with Crippen LogP contribution in [0.5, 0.6) is 5.75 Å². The lowest BCUT2D eigenvalue weighted by Crippen LogP contribution is -2.23. The number of hydrogen-bond acceptors (Lipinski definition) is 9. The third-order valence-electron chi connectivity index (χ3n) is 5.21. The van der Waals surface area contributed by atoms with Crippen molar-refractivity contribution >= 4 is 16.0 Å². The zero-order valence-electron chi connectivity index (χ0n) is 19.4. The van der Waals surface area contributed by atoms with Crippen molar-refractivity contribution in [3.05, 3.63) is 75.8 Å². The number of methoxy groups -OCH3 is 1. The van der Waals surface area contributed by atoms with Gasteiger partial charge in [-0.3, -0.25) is 4.79 Å². The number of aryl methyl sites for hydroxylation is 2. The Morgan fingerprint density at radius 2 is 1.91 bits per heavy atom. The first kappa shape index (κ1) is 23.9. The van der Waals surface area contributed by atoms with Crippen molar-refractivity contribution in [1.29, 1.82) is 0 Å². The molecule has 0 fully saturated rings. The molecule has 13 heteroatoms. The molecule has 1 atom stereocenters. The lowest BCUT2D eigenvalue weighted by Gasteiger charge is -2.16. The van der Waals surface area contributed by atoms with Crippen LogP contribution in [0.1, 0.15) is 30.0 Å². The number of nitrogens with one attached hydrogen (secondary N) is 2. The SMILES string of the molecule is C=C([C@H](C)c1ncc(C)cn1)S(=O)(=O)Nc1nnc(-c2ccc(C)o2)n1-c1c(OC)cc[nH]c1=O. The van der Waals surface area contributed by atoms with Crippen LogP contribution in [-0.4, -0.2) is 45.2 Å². The topological polar surface area (TPSA) is 158 Å². The number of sulfonamides is 1. The van der Waals surface area contributed by atoms with Crippen LogP contribution in [0.25, 0.3) is 17.3 Å². The number of anilines is 1. The van der Waals surface area contributed by atoms with Crippen molar-refractivity contribution in [1.82, 2.24) is 29.7 Å². The summed E-state index contributed by atoms with van der Waals surface area (Å²) in [4.78, 5) is 23.5. The summed E-state index contributed by atoms with van der Waals surface area (Å²) in [5.74, 6) is 0.413. The van der Waals surface area contributed by atoms with E-state index < -0.39 is 21.5 Å². The summed E-state index contributed by atoms with van der Waals surface area (Å²) in [6.07, 6.45) is 4.59. The number of nitrogens with zero attached hydrogens (tertiary/aromatic N) is 5. The molecule has 182 valence electrons. The minimum atomic E-state index is -4.23. The molecular weight excluding hydrogens is 474 g/mol. The first-order valence-corrected chi connectivity index (χ1v) is 11.9. The zero-order chi connectivity index (χ0) is 25.3. The smallest absolute Gasteiger partial charge is 0.276 e. The minimum Gasteiger partial charge on any atom is -0.494 e. The quantitative estimate of drug-likeness (QED) is 0.373. The highest BCUT2D eigenvalue weighted by Gasteiger charge is 2.29. The van der Waals surface area contributed by atoms with Gasteiger partial charge in [0.25, 0.3) is 15.6 Å². The number of ether oxygens (including phenoxy) is 1. The van der Waals surface area contributed by atoms with E-state index in [4.69, 9.17) is 9.15 Å². The van der Waals surface area contributed by atoms with E-state index in [9.17, 15) is 13.2 Å². The molecule has 0 radical (unpaired) electrons. The Balaban J connectivity index is 1.81. The van der Waals surface area contributed by atoms with E-state index in [-0.39, 0.29) is 33.9 Å². The summed E-state index contributed by atoms with van der Waals surface area (Å²) in [7, 11) is -2.85. The molecule has 35 heavy (non-hydrogen) atoms. The largest absolute Gasteiger partial charge is 0.494 e. The minimum absolute atomic E-state index is 0.0396. The van der Waals surface area contributed by atoms with Crippen molar-refractivity contribution in [3.63, 3.8) is 0 Å². The fourth-order valence-electron chi connectivity index (χ4n) is 3.29. The fourth-order valence-corrected chi connectivity index (χ4v) is 4.37. The summed E-state index contributed by atoms with van der Waals surface area (Å²) in [6, 6.07) is 4.85. The van der Waals surface area contributed by atoms with Crippen LogP contribution in [0.3, 0.4) is 0 Å².